The zero-order valence-electron chi connectivity index (χ0n) is 16.4. The fourth-order valence-electron chi connectivity index (χ4n) is 4.17. The van der Waals surface area contributed by atoms with Gasteiger partial charge in [0.2, 0.25) is 11.8 Å². The standard InChI is InChI=1S/C22H26ClN3O2S/c23-18-7-5-17(6-8-18)16-24-10-12-25(13-11-24)22(28)20-4-1-9-26(20)21(27)15-19-3-2-14-29-19/h2-3,5-8,14,20H,1,4,9-13,15-16H2. The lowest BCUT2D eigenvalue weighted by Crippen LogP contribution is -2.54. The van der Waals surface area contributed by atoms with Crippen LogP contribution in [-0.2, 0) is 22.6 Å². The quantitative estimate of drug-likeness (QED) is 0.729. The molecule has 2 amide bonds. The fourth-order valence-corrected chi connectivity index (χ4v) is 4.99. The molecule has 0 aliphatic carbocycles. The number of benzene rings is 1. The van der Waals surface area contributed by atoms with E-state index < -0.39 is 0 Å². The van der Waals surface area contributed by atoms with E-state index in [1.165, 1.54) is 5.56 Å². The molecule has 7 heteroatoms. The molecule has 0 saturated carbocycles. The van der Waals surface area contributed by atoms with Crippen molar-refractivity contribution < 1.29 is 9.59 Å². The molecule has 1 unspecified atom stereocenters. The molecule has 154 valence electrons. The lowest BCUT2D eigenvalue weighted by atomic mass is 10.1. The SMILES string of the molecule is O=C(C1CCCN1C(=O)Cc1cccs1)N1CCN(Cc2ccc(Cl)cc2)CC1. The van der Waals surface area contributed by atoms with Gasteiger partial charge in [-0.2, -0.15) is 0 Å². The van der Waals surface area contributed by atoms with Gasteiger partial charge in [0.1, 0.15) is 6.04 Å². The van der Waals surface area contributed by atoms with E-state index in [0.717, 1.165) is 55.5 Å². The summed E-state index contributed by atoms with van der Waals surface area (Å²) in [7, 11) is 0. The minimum atomic E-state index is -0.287. The van der Waals surface area contributed by atoms with Crippen LogP contribution in [0.25, 0.3) is 0 Å². The summed E-state index contributed by atoms with van der Waals surface area (Å²) in [5.74, 6) is 0.192. The van der Waals surface area contributed by atoms with Gasteiger partial charge in [0, 0.05) is 49.2 Å². The van der Waals surface area contributed by atoms with Crippen LogP contribution in [-0.4, -0.2) is 65.3 Å². The zero-order chi connectivity index (χ0) is 20.2. The van der Waals surface area contributed by atoms with Gasteiger partial charge in [-0.05, 0) is 42.0 Å². The summed E-state index contributed by atoms with van der Waals surface area (Å²) in [5, 5.41) is 2.73. The molecule has 0 radical (unpaired) electrons. The second kappa shape index (κ2) is 9.28. The predicted octanol–water partition coefficient (Wildman–Crippen LogP) is 3.28. The van der Waals surface area contributed by atoms with E-state index >= 15 is 0 Å². The molecular formula is C22H26ClN3O2S. The Morgan fingerprint density at radius 2 is 1.79 bits per heavy atom. The molecule has 2 aliphatic rings. The lowest BCUT2D eigenvalue weighted by molar-refractivity contribution is -0.144. The van der Waals surface area contributed by atoms with Crippen molar-refractivity contribution in [1.29, 1.82) is 0 Å². The number of carbonyl (C=O) groups excluding carboxylic acids is 2. The number of hydrogen-bond acceptors (Lipinski definition) is 4. The molecule has 0 N–H and O–H groups in total. The van der Waals surface area contributed by atoms with Crippen molar-refractivity contribution >= 4 is 34.8 Å². The van der Waals surface area contributed by atoms with Crippen LogP contribution in [0.1, 0.15) is 23.3 Å². The molecule has 1 aromatic carbocycles. The van der Waals surface area contributed by atoms with Gasteiger partial charge in [-0.15, -0.1) is 11.3 Å². The van der Waals surface area contributed by atoms with Crippen molar-refractivity contribution in [3.63, 3.8) is 0 Å². The maximum absolute atomic E-state index is 13.1. The molecule has 3 heterocycles. The minimum absolute atomic E-state index is 0.0738. The Hall–Kier alpha value is -1.89. The first-order valence-electron chi connectivity index (χ1n) is 10.2. The van der Waals surface area contributed by atoms with Crippen molar-refractivity contribution in [2.24, 2.45) is 0 Å². The number of carbonyl (C=O) groups is 2. The molecule has 5 nitrogen and oxygen atoms in total. The monoisotopic (exact) mass is 431 g/mol. The third-order valence-corrected chi connectivity index (χ3v) is 6.90. The topological polar surface area (TPSA) is 43.9 Å². The van der Waals surface area contributed by atoms with E-state index in [0.29, 0.717) is 13.0 Å². The number of likely N-dealkylation sites (tertiary alicyclic amines) is 1. The highest BCUT2D eigenvalue weighted by Crippen LogP contribution is 2.23. The summed E-state index contributed by atoms with van der Waals surface area (Å²) in [5.41, 5.74) is 1.23. The largest absolute Gasteiger partial charge is 0.338 e. The molecule has 1 aromatic heterocycles. The van der Waals surface area contributed by atoms with Crippen LogP contribution >= 0.6 is 22.9 Å². The van der Waals surface area contributed by atoms with Gasteiger partial charge in [0.15, 0.2) is 0 Å². The number of halogens is 1. The van der Waals surface area contributed by atoms with E-state index in [1.807, 2.05) is 39.4 Å². The summed E-state index contributed by atoms with van der Waals surface area (Å²) in [4.78, 5) is 33.0. The molecule has 0 bridgehead atoms. The second-order valence-electron chi connectivity index (χ2n) is 7.73. The Morgan fingerprint density at radius 3 is 2.48 bits per heavy atom. The smallest absolute Gasteiger partial charge is 0.245 e. The number of amides is 2. The van der Waals surface area contributed by atoms with Crippen LogP contribution in [0.2, 0.25) is 5.02 Å². The maximum atomic E-state index is 13.1. The molecule has 2 saturated heterocycles. The van der Waals surface area contributed by atoms with Crippen molar-refractivity contribution in [2.45, 2.75) is 31.8 Å². The van der Waals surface area contributed by atoms with Crippen LogP contribution in [0.4, 0.5) is 0 Å². The number of thiophene rings is 1. The molecule has 4 rings (SSSR count). The number of rotatable bonds is 5. The number of piperazine rings is 1. The van der Waals surface area contributed by atoms with Crippen molar-refractivity contribution in [1.82, 2.24) is 14.7 Å². The average molecular weight is 432 g/mol. The van der Waals surface area contributed by atoms with Crippen LogP contribution < -0.4 is 0 Å². The van der Waals surface area contributed by atoms with E-state index in [-0.39, 0.29) is 17.9 Å². The van der Waals surface area contributed by atoms with Gasteiger partial charge < -0.3 is 9.80 Å². The highest BCUT2D eigenvalue weighted by atomic mass is 35.5. The van der Waals surface area contributed by atoms with Gasteiger partial charge >= 0.3 is 0 Å². The molecule has 2 fully saturated rings. The van der Waals surface area contributed by atoms with Crippen molar-refractivity contribution in [2.75, 3.05) is 32.7 Å². The molecule has 2 aromatic rings. The van der Waals surface area contributed by atoms with E-state index in [1.54, 1.807) is 11.3 Å². The Morgan fingerprint density at radius 1 is 1.03 bits per heavy atom. The normalized spacial score (nSPS) is 20.2. The van der Waals surface area contributed by atoms with Gasteiger partial charge in [0.05, 0.1) is 6.42 Å². The highest BCUT2D eigenvalue weighted by molar-refractivity contribution is 7.10. The number of nitrogens with zero attached hydrogens (tertiary/aromatic N) is 3. The third kappa shape index (κ3) is 5.00. The van der Waals surface area contributed by atoms with Gasteiger partial charge in [-0.3, -0.25) is 14.5 Å². The van der Waals surface area contributed by atoms with Gasteiger partial charge in [-0.25, -0.2) is 0 Å². The van der Waals surface area contributed by atoms with Gasteiger partial charge in [-0.1, -0.05) is 29.8 Å². The van der Waals surface area contributed by atoms with E-state index in [2.05, 4.69) is 17.0 Å². The Labute approximate surface area is 180 Å². The summed E-state index contributed by atoms with van der Waals surface area (Å²) < 4.78 is 0. The summed E-state index contributed by atoms with van der Waals surface area (Å²) in [6, 6.07) is 11.6. The molecular weight excluding hydrogens is 406 g/mol. The first-order valence-corrected chi connectivity index (χ1v) is 11.4. The molecule has 2 aliphatic heterocycles. The first kappa shape index (κ1) is 20.4. The van der Waals surface area contributed by atoms with Crippen LogP contribution in [0.15, 0.2) is 41.8 Å². The zero-order valence-corrected chi connectivity index (χ0v) is 18.0. The molecule has 1 atom stereocenters. The van der Waals surface area contributed by atoms with Crippen LogP contribution in [0, 0.1) is 0 Å². The summed E-state index contributed by atoms with van der Waals surface area (Å²) in [6.45, 7) is 4.70. The predicted molar refractivity (Wildman–Crippen MR) is 116 cm³/mol. The van der Waals surface area contributed by atoms with E-state index in [9.17, 15) is 9.59 Å². The Bertz CT molecular complexity index is 832. The van der Waals surface area contributed by atoms with E-state index in [4.69, 9.17) is 11.6 Å². The Kier molecular flexibility index (Phi) is 6.53. The summed E-state index contributed by atoms with van der Waals surface area (Å²) >= 11 is 7.55. The van der Waals surface area contributed by atoms with Crippen molar-refractivity contribution in [3.8, 4) is 0 Å². The lowest BCUT2D eigenvalue weighted by Gasteiger charge is -2.37. The van der Waals surface area contributed by atoms with Gasteiger partial charge in [0.25, 0.3) is 0 Å². The Balaban J connectivity index is 1.30. The maximum Gasteiger partial charge on any atom is 0.245 e. The van der Waals surface area contributed by atoms with Crippen LogP contribution in [0.5, 0.6) is 0 Å². The highest BCUT2D eigenvalue weighted by Gasteiger charge is 2.37. The van der Waals surface area contributed by atoms with Crippen LogP contribution in [0.3, 0.4) is 0 Å². The average Bonchev–Trinajstić information content (AvgIpc) is 3.42. The summed E-state index contributed by atoms with van der Waals surface area (Å²) in [6.07, 6.45) is 2.08. The fraction of sp³-hybridized carbons (Fsp3) is 0.455. The molecule has 0 spiro atoms. The molecule has 29 heavy (non-hydrogen) atoms. The first-order chi connectivity index (χ1) is 14.1. The van der Waals surface area contributed by atoms with Crippen molar-refractivity contribution in [3.05, 3.63) is 57.2 Å². The minimum Gasteiger partial charge on any atom is -0.338 e. The number of hydrogen-bond donors (Lipinski definition) is 0. The second-order valence-corrected chi connectivity index (χ2v) is 9.20. The third-order valence-electron chi connectivity index (χ3n) is 5.77.